The molecule has 98 valence electrons. The molecule has 4 N–H and O–H groups in total. The fourth-order valence-electron chi connectivity index (χ4n) is 1.75. The molecule has 0 unspecified atom stereocenters. The standard InChI is InChI=1S/C14H14N2O2S/c1-19-12-8-3-2-6-10(12)16-11-7-4-5-9(13(11)15)14(17)18/h2-8,16H,15H2,1H3,(H,17,18). The summed E-state index contributed by atoms with van der Waals surface area (Å²) in [5.74, 6) is -1.03. The van der Waals surface area contributed by atoms with Crippen molar-refractivity contribution >= 4 is 34.8 Å². The summed E-state index contributed by atoms with van der Waals surface area (Å²) in [4.78, 5) is 12.1. The van der Waals surface area contributed by atoms with E-state index in [4.69, 9.17) is 10.8 Å². The van der Waals surface area contributed by atoms with Crippen molar-refractivity contribution in [2.24, 2.45) is 0 Å². The number of anilines is 3. The van der Waals surface area contributed by atoms with Gasteiger partial charge in [-0.2, -0.15) is 0 Å². The molecule has 0 aliphatic rings. The summed E-state index contributed by atoms with van der Waals surface area (Å²) >= 11 is 1.61. The Hall–Kier alpha value is -2.14. The van der Waals surface area contributed by atoms with Crippen molar-refractivity contribution in [3.05, 3.63) is 48.0 Å². The molecule has 5 heteroatoms. The lowest BCUT2D eigenvalue weighted by Gasteiger charge is -2.13. The van der Waals surface area contributed by atoms with Crippen molar-refractivity contribution in [2.75, 3.05) is 17.3 Å². The number of nitrogens with two attached hydrogens (primary N) is 1. The topological polar surface area (TPSA) is 75.3 Å². The molecule has 2 rings (SSSR count). The molecule has 0 heterocycles. The van der Waals surface area contributed by atoms with Gasteiger partial charge in [0.05, 0.1) is 22.6 Å². The van der Waals surface area contributed by atoms with Crippen molar-refractivity contribution in [1.82, 2.24) is 0 Å². The zero-order chi connectivity index (χ0) is 13.8. The first-order valence-corrected chi connectivity index (χ1v) is 6.87. The second-order valence-corrected chi connectivity index (χ2v) is 4.75. The Bertz CT molecular complexity index is 614. The van der Waals surface area contributed by atoms with E-state index in [0.717, 1.165) is 10.6 Å². The number of hydrogen-bond donors (Lipinski definition) is 3. The van der Waals surface area contributed by atoms with Crippen LogP contribution in [0.1, 0.15) is 10.4 Å². The average molecular weight is 274 g/mol. The molecule has 0 saturated carbocycles. The second kappa shape index (κ2) is 5.67. The molecule has 4 nitrogen and oxygen atoms in total. The van der Waals surface area contributed by atoms with E-state index in [1.54, 1.807) is 23.9 Å². The van der Waals surface area contributed by atoms with Gasteiger partial charge in [-0.1, -0.05) is 18.2 Å². The lowest BCUT2D eigenvalue weighted by atomic mass is 10.1. The number of para-hydroxylation sites is 2. The number of hydrogen-bond acceptors (Lipinski definition) is 4. The van der Waals surface area contributed by atoms with Gasteiger partial charge in [-0.3, -0.25) is 0 Å². The summed E-state index contributed by atoms with van der Waals surface area (Å²) in [6.07, 6.45) is 1.98. The third kappa shape index (κ3) is 2.82. The number of rotatable bonds is 4. The highest BCUT2D eigenvalue weighted by atomic mass is 32.2. The van der Waals surface area contributed by atoms with Crippen LogP contribution in [-0.4, -0.2) is 17.3 Å². The van der Waals surface area contributed by atoms with E-state index in [9.17, 15) is 4.79 Å². The van der Waals surface area contributed by atoms with Crippen LogP contribution >= 0.6 is 11.8 Å². The summed E-state index contributed by atoms with van der Waals surface area (Å²) in [6.45, 7) is 0. The zero-order valence-electron chi connectivity index (χ0n) is 10.4. The highest BCUT2D eigenvalue weighted by Gasteiger charge is 2.11. The molecule has 0 aliphatic carbocycles. The van der Waals surface area contributed by atoms with Gasteiger partial charge in [-0.15, -0.1) is 11.8 Å². The molecule has 0 saturated heterocycles. The Morgan fingerprint density at radius 2 is 1.84 bits per heavy atom. The molecule has 2 aromatic carbocycles. The fraction of sp³-hybridized carbons (Fsp3) is 0.0714. The normalized spacial score (nSPS) is 10.2. The molecule has 0 aliphatic heterocycles. The number of nitrogens with one attached hydrogen (secondary N) is 1. The fourth-order valence-corrected chi connectivity index (χ4v) is 2.31. The van der Waals surface area contributed by atoms with Gasteiger partial charge in [0.1, 0.15) is 0 Å². The van der Waals surface area contributed by atoms with Crippen LogP contribution < -0.4 is 11.1 Å². The van der Waals surface area contributed by atoms with E-state index < -0.39 is 5.97 Å². The van der Waals surface area contributed by atoms with Crippen molar-refractivity contribution in [2.45, 2.75) is 4.90 Å². The van der Waals surface area contributed by atoms with Gasteiger partial charge in [-0.25, -0.2) is 4.79 Å². The van der Waals surface area contributed by atoms with Gasteiger partial charge >= 0.3 is 5.97 Å². The van der Waals surface area contributed by atoms with Gasteiger partial charge in [0.15, 0.2) is 0 Å². The molecule has 0 fully saturated rings. The summed E-state index contributed by atoms with van der Waals surface area (Å²) in [5, 5.41) is 12.2. The van der Waals surface area contributed by atoms with Crippen LogP contribution in [0.5, 0.6) is 0 Å². The van der Waals surface area contributed by atoms with Crippen LogP contribution in [0.25, 0.3) is 0 Å². The third-order valence-electron chi connectivity index (χ3n) is 2.71. The summed E-state index contributed by atoms with van der Waals surface area (Å²) < 4.78 is 0. The van der Waals surface area contributed by atoms with E-state index >= 15 is 0 Å². The molecule has 0 spiro atoms. The first-order chi connectivity index (χ1) is 9.13. The van der Waals surface area contributed by atoms with Crippen LogP contribution in [0.2, 0.25) is 0 Å². The number of aromatic carboxylic acids is 1. The smallest absolute Gasteiger partial charge is 0.337 e. The number of carbonyl (C=O) groups is 1. The van der Waals surface area contributed by atoms with Gasteiger partial charge in [-0.05, 0) is 30.5 Å². The molecule has 0 atom stereocenters. The number of carboxylic acid groups (broad SMARTS) is 1. The van der Waals surface area contributed by atoms with Gasteiger partial charge in [0.25, 0.3) is 0 Å². The lowest BCUT2D eigenvalue weighted by molar-refractivity contribution is 0.0698. The van der Waals surface area contributed by atoms with Crippen molar-refractivity contribution in [1.29, 1.82) is 0 Å². The van der Waals surface area contributed by atoms with E-state index in [0.29, 0.717) is 5.69 Å². The van der Waals surface area contributed by atoms with Crippen molar-refractivity contribution < 1.29 is 9.90 Å². The molecule has 0 amide bonds. The maximum Gasteiger partial charge on any atom is 0.337 e. The van der Waals surface area contributed by atoms with Crippen LogP contribution in [-0.2, 0) is 0 Å². The summed E-state index contributed by atoms with van der Waals surface area (Å²) in [6, 6.07) is 12.7. The quantitative estimate of drug-likeness (QED) is 0.588. The summed E-state index contributed by atoms with van der Waals surface area (Å²) in [7, 11) is 0. The number of nitrogen functional groups attached to an aromatic ring is 1. The van der Waals surface area contributed by atoms with Crippen molar-refractivity contribution in [3.8, 4) is 0 Å². The maximum absolute atomic E-state index is 11.0. The minimum atomic E-state index is -1.03. The largest absolute Gasteiger partial charge is 0.478 e. The maximum atomic E-state index is 11.0. The van der Waals surface area contributed by atoms with Gasteiger partial charge in [0, 0.05) is 4.90 Å². The lowest BCUT2D eigenvalue weighted by Crippen LogP contribution is -2.05. The predicted molar refractivity (Wildman–Crippen MR) is 79.3 cm³/mol. The Labute approximate surface area is 115 Å². The van der Waals surface area contributed by atoms with E-state index in [1.165, 1.54) is 6.07 Å². The van der Waals surface area contributed by atoms with Crippen LogP contribution in [0.3, 0.4) is 0 Å². The second-order valence-electron chi connectivity index (χ2n) is 3.90. The molecule has 0 radical (unpaired) electrons. The molecular weight excluding hydrogens is 260 g/mol. The van der Waals surface area contributed by atoms with Crippen LogP contribution in [0.4, 0.5) is 17.1 Å². The number of benzene rings is 2. The van der Waals surface area contributed by atoms with E-state index in [2.05, 4.69) is 5.32 Å². The highest BCUT2D eigenvalue weighted by molar-refractivity contribution is 7.98. The zero-order valence-corrected chi connectivity index (χ0v) is 11.2. The number of carboxylic acids is 1. The average Bonchev–Trinajstić information content (AvgIpc) is 2.41. The Morgan fingerprint density at radius 1 is 1.16 bits per heavy atom. The van der Waals surface area contributed by atoms with Crippen LogP contribution in [0, 0.1) is 0 Å². The molecule has 19 heavy (non-hydrogen) atoms. The minimum Gasteiger partial charge on any atom is -0.478 e. The predicted octanol–water partition coefficient (Wildman–Crippen LogP) is 3.43. The molecular formula is C14H14N2O2S. The first kappa shape index (κ1) is 13.3. The van der Waals surface area contributed by atoms with Gasteiger partial charge in [0.2, 0.25) is 0 Å². The van der Waals surface area contributed by atoms with Gasteiger partial charge < -0.3 is 16.2 Å². The minimum absolute atomic E-state index is 0.103. The van der Waals surface area contributed by atoms with E-state index in [1.807, 2.05) is 30.5 Å². The molecule has 2 aromatic rings. The Morgan fingerprint density at radius 3 is 2.53 bits per heavy atom. The monoisotopic (exact) mass is 274 g/mol. The highest BCUT2D eigenvalue weighted by Crippen LogP contribution is 2.31. The van der Waals surface area contributed by atoms with Crippen LogP contribution in [0.15, 0.2) is 47.4 Å². The van der Waals surface area contributed by atoms with Crippen molar-refractivity contribution in [3.63, 3.8) is 0 Å². The SMILES string of the molecule is CSc1ccccc1Nc1cccc(C(=O)O)c1N. The van der Waals surface area contributed by atoms with E-state index in [-0.39, 0.29) is 11.3 Å². The molecule has 0 bridgehead atoms. The Balaban J connectivity index is 2.39. The summed E-state index contributed by atoms with van der Waals surface area (Å²) in [5.41, 5.74) is 7.72. The third-order valence-corrected chi connectivity index (χ3v) is 3.51. The number of thioether (sulfide) groups is 1. The Kier molecular flexibility index (Phi) is 3.97. The first-order valence-electron chi connectivity index (χ1n) is 5.65. The molecule has 0 aromatic heterocycles.